The number of aliphatic imine (C=N–C) groups is 1. The van der Waals surface area contributed by atoms with Gasteiger partial charge in [0.2, 0.25) is 0 Å². The van der Waals surface area contributed by atoms with Crippen molar-refractivity contribution in [2.75, 3.05) is 6.54 Å². The summed E-state index contributed by atoms with van der Waals surface area (Å²) in [5.74, 6) is 0.547. The maximum Gasteiger partial charge on any atom is 0.410 e. The van der Waals surface area contributed by atoms with E-state index in [1.807, 2.05) is 88.2 Å². The number of ether oxygens (including phenoxy) is 1. The van der Waals surface area contributed by atoms with Crippen LogP contribution in [0.15, 0.2) is 89.0 Å². The summed E-state index contributed by atoms with van der Waals surface area (Å²) in [6, 6.07) is 20.1. The van der Waals surface area contributed by atoms with Gasteiger partial charge in [-0.3, -0.25) is 4.99 Å². The largest absolute Gasteiger partial charge is 0.444 e. The number of allylic oxidation sites excluding steroid dienone is 1. The van der Waals surface area contributed by atoms with Crippen molar-refractivity contribution in [3.63, 3.8) is 0 Å². The van der Waals surface area contributed by atoms with Gasteiger partial charge in [0.15, 0.2) is 16.6 Å². The summed E-state index contributed by atoms with van der Waals surface area (Å²) in [6.45, 7) is 11.4. The van der Waals surface area contributed by atoms with E-state index in [1.54, 1.807) is 16.5 Å². The van der Waals surface area contributed by atoms with Gasteiger partial charge in [-0.25, -0.2) is 18.0 Å². The van der Waals surface area contributed by atoms with Gasteiger partial charge in [-0.1, -0.05) is 42.3 Å². The van der Waals surface area contributed by atoms with Crippen LogP contribution in [0.2, 0.25) is 0 Å². The molecular formula is C38H44N6O3S. The molecule has 5 aromatic rings. The van der Waals surface area contributed by atoms with E-state index in [2.05, 4.69) is 44.5 Å². The van der Waals surface area contributed by atoms with E-state index >= 15 is 0 Å². The smallest absolute Gasteiger partial charge is 0.410 e. The van der Waals surface area contributed by atoms with Gasteiger partial charge < -0.3 is 19.9 Å². The molecule has 0 aliphatic heterocycles. The average molecular weight is 665 g/mol. The molecule has 10 heteroatoms. The van der Waals surface area contributed by atoms with Crippen LogP contribution in [0.3, 0.4) is 0 Å². The maximum atomic E-state index is 13.2. The monoisotopic (exact) mass is 664 g/mol. The first-order chi connectivity index (χ1) is 23.1. The van der Waals surface area contributed by atoms with E-state index in [-0.39, 0.29) is 6.09 Å². The number of aromatic nitrogens is 3. The van der Waals surface area contributed by atoms with Gasteiger partial charge in [-0.15, -0.1) is 0 Å². The van der Waals surface area contributed by atoms with Crippen molar-refractivity contribution in [2.45, 2.75) is 77.5 Å². The molecule has 6 rings (SSSR count). The minimum absolute atomic E-state index is 0.264. The summed E-state index contributed by atoms with van der Waals surface area (Å²) in [7, 11) is -1.38. The number of aryl methyl sites for hydroxylation is 1. The van der Waals surface area contributed by atoms with Crippen molar-refractivity contribution in [3.05, 3.63) is 102 Å². The fourth-order valence-corrected chi connectivity index (χ4v) is 6.87. The fourth-order valence-electron chi connectivity index (χ4n) is 5.79. The molecule has 0 radical (unpaired) electrons. The highest BCUT2D eigenvalue weighted by atomic mass is 32.2. The Balaban J connectivity index is 1.08. The van der Waals surface area contributed by atoms with Crippen LogP contribution in [0.1, 0.15) is 69.3 Å². The van der Waals surface area contributed by atoms with Gasteiger partial charge >= 0.3 is 6.09 Å². The summed E-state index contributed by atoms with van der Waals surface area (Å²) in [5, 5.41) is 5.30. The molecule has 1 unspecified atom stereocenters. The highest BCUT2D eigenvalue weighted by Crippen LogP contribution is 2.29. The molecule has 1 saturated carbocycles. The topological polar surface area (TPSA) is 105 Å². The van der Waals surface area contributed by atoms with Gasteiger partial charge in [0.25, 0.3) is 0 Å². The number of hydrogen-bond acceptors (Lipinski definition) is 5. The molecule has 250 valence electrons. The molecule has 0 saturated heterocycles. The SMILES string of the molecule is C/C=C(\NC=NCc1ccc2cc(CN(CC3CCC3)C(=O)OC(C)(C)C)[nH]c2c1)c1cnc2c(ccn2S(=O)c2ccc(C)cc2)c1. The second-order valence-corrected chi connectivity index (χ2v) is 14.9. The summed E-state index contributed by atoms with van der Waals surface area (Å²) >= 11 is 0. The summed E-state index contributed by atoms with van der Waals surface area (Å²) in [5.41, 5.74) is 6.12. The van der Waals surface area contributed by atoms with Crippen LogP contribution in [-0.2, 0) is 28.8 Å². The number of nitrogens with one attached hydrogen (secondary N) is 2. The van der Waals surface area contributed by atoms with E-state index in [4.69, 9.17) is 4.74 Å². The minimum Gasteiger partial charge on any atom is -0.444 e. The van der Waals surface area contributed by atoms with E-state index in [0.29, 0.717) is 24.7 Å². The lowest BCUT2D eigenvalue weighted by Crippen LogP contribution is -2.40. The molecule has 9 nitrogen and oxygen atoms in total. The Morgan fingerprint density at radius 3 is 2.62 bits per heavy atom. The number of nitrogens with zero attached hydrogens (tertiary/aromatic N) is 4. The first kappa shape index (κ1) is 33.2. The molecular weight excluding hydrogens is 621 g/mol. The van der Waals surface area contributed by atoms with Gasteiger partial charge in [-0.05, 0) is 101 Å². The zero-order chi connectivity index (χ0) is 33.8. The Morgan fingerprint density at radius 1 is 1.12 bits per heavy atom. The number of hydrogen-bond donors (Lipinski definition) is 2. The maximum absolute atomic E-state index is 13.2. The van der Waals surface area contributed by atoms with Crippen LogP contribution in [-0.4, -0.2) is 47.6 Å². The number of rotatable bonds is 11. The van der Waals surface area contributed by atoms with Crippen LogP contribution >= 0.6 is 0 Å². The zero-order valence-corrected chi connectivity index (χ0v) is 29.1. The summed E-state index contributed by atoms with van der Waals surface area (Å²) < 4.78 is 20.6. The van der Waals surface area contributed by atoms with Crippen molar-refractivity contribution in [1.82, 2.24) is 24.2 Å². The Bertz CT molecular complexity index is 2000. The Kier molecular flexibility index (Phi) is 9.82. The first-order valence-electron chi connectivity index (χ1n) is 16.5. The Labute approximate surface area is 284 Å². The summed E-state index contributed by atoms with van der Waals surface area (Å²) in [6.07, 6.45) is 10.6. The van der Waals surface area contributed by atoms with E-state index in [0.717, 1.165) is 55.8 Å². The number of amides is 1. The number of carbonyl (C=O) groups is 1. The van der Waals surface area contributed by atoms with Crippen molar-refractivity contribution in [3.8, 4) is 0 Å². The molecule has 0 spiro atoms. The third-order valence-electron chi connectivity index (χ3n) is 8.54. The van der Waals surface area contributed by atoms with Crippen LogP contribution in [0.4, 0.5) is 4.79 Å². The molecule has 48 heavy (non-hydrogen) atoms. The molecule has 1 fully saturated rings. The number of H-pyrrole nitrogens is 1. The fraction of sp³-hybridized carbons (Fsp3) is 0.342. The van der Waals surface area contributed by atoms with Crippen molar-refractivity contribution in [1.29, 1.82) is 0 Å². The number of pyridine rings is 1. The molecule has 0 bridgehead atoms. The van der Waals surface area contributed by atoms with Gasteiger partial charge in [0.1, 0.15) is 5.60 Å². The van der Waals surface area contributed by atoms with Crippen molar-refractivity contribution >= 4 is 51.1 Å². The Hall–Kier alpha value is -4.70. The quantitative estimate of drug-likeness (QED) is 0.110. The van der Waals surface area contributed by atoms with Crippen LogP contribution < -0.4 is 5.32 Å². The van der Waals surface area contributed by atoms with Gasteiger partial charge in [0.05, 0.1) is 24.3 Å². The molecule has 1 aliphatic carbocycles. The van der Waals surface area contributed by atoms with Crippen LogP contribution in [0.25, 0.3) is 27.6 Å². The van der Waals surface area contributed by atoms with E-state index in [1.165, 1.54) is 19.3 Å². The molecule has 1 aliphatic rings. The zero-order valence-electron chi connectivity index (χ0n) is 28.3. The lowest BCUT2D eigenvalue weighted by molar-refractivity contribution is 0.0171. The Morgan fingerprint density at radius 2 is 1.92 bits per heavy atom. The molecule has 1 atom stereocenters. The molecule has 3 heterocycles. The van der Waals surface area contributed by atoms with Crippen molar-refractivity contribution in [2.24, 2.45) is 10.9 Å². The second kappa shape index (κ2) is 14.2. The van der Waals surface area contributed by atoms with Gasteiger partial charge in [0, 0.05) is 46.8 Å². The molecule has 3 aromatic heterocycles. The number of fused-ring (bicyclic) bond motifs is 2. The van der Waals surface area contributed by atoms with Crippen LogP contribution in [0.5, 0.6) is 0 Å². The van der Waals surface area contributed by atoms with E-state index in [9.17, 15) is 9.00 Å². The third-order valence-corrected chi connectivity index (χ3v) is 9.87. The average Bonchev–Trinajstić information content (AvgIpc) is 3.64. The first-order valence-corrected chi connectivity index (χ1v) is 17.6. The number of benzene rings is 2. The third kappa shape index (κ3) is 7.87. The summed E-state index contributed by atoms with van der Waals surface area (Å²) in [4.78, 5) is 28.4. The van der Waals surface area contributed by atoms with E-state index < -0.39 is 16.6 Å². The minimum atomic E-state index is -1.38. The normalized spacial score (nSPS) is 14.8. The molecule has 2 N–H and O–H groups in total. The van der Waals surface area contributed by atoms with Gasteiger partial charge in [-0.2, -0.15) is 0 Å². The van der Waals surface area contributed by atoms with Crippen LogP contribution in [0, 0.1) is 12.8 Å². The highest BCUT2D eigenvalue weighted by Gasteiger charge is 2.27. The lowest BCUT2D eigenvalue weighted by atomic mass is 9.85. The molecule has 2 aromatic carbocycles. The second-order valence-electron chi connectivity index (χ2n) is 13.5. The predicted molar refractivity (Wildman–Crippen MR) is 194 cm³/mol. The highest BCUT2D eigenvalue weighted by molar-refractivity contribution is 7.83. The number of aromatic amines is 1. The van der Waals surface area contributed by atoms with Crippen molar-refractivity contribution < 1.29 is 13.7 Å². The standard InChI is InChI=1S/C38H44N6O3S/c1-6-34(31-19-30-16-17-44(36(30)40-22-31)48(46)33-14-10-26(2)11-15-33)41-25-39-21-28-12-13-29-20-32(42-35(29)18-28)24-43(23-27-8-7-9-27)37(45)47-38(3,4)5/h6,10-20,22,25,27,42H,7-9,21,23-24H2,1-5H3,(H,39,41)/b34-6-. The molecule has 1 amide bonds. The predicted octanol–water partition coefficient (Wildman–Crippen LogP) is 8.11. The number of carbonyl (C=O) groups excluding carboxylic acids is 1. The lowest BCUT2D eigenvalue weighted by Gasteiger charge is -2.33.